The van der Waals surface area contributed by atoms with E-state index >= 15 is 0 Å². The normalized spacial score (nSPS) is 33.7. The number of fused-ring (bicyclic) bond motifs is 3. The number of rotatable bonds is 6. The molecule has 0 saturated heterocycles. The molecule has 4 aliphatic rings. The van der Waals surface area contributed by atoms with Crippen LogP contribution in [0.1, 0.15) is 61.8 Å². The number of carbonyl (C=O) groups is 4. The summed E-state index contributed by atoms with van der Waals surface area (Å²) in [4.78, 5) is 53.5. The third kappa shape index (κ3) is 4.52. The van der Waals surface area contributed by atoms with Gasteiger partial charge < -0.3 is 30.7 Å². The highest BCUT2D eigenvalue weighted by Crippen LogP contribution is 2.71. The number of amides is 1. The van der Waals surface area contributed by atoms with Crippen molar-refractivity contribution in [1.29, 1.82) is 0 Å². The van der Waals surface area contributed by atoms with Crippen LogP contribution in [0.4, 0.5) is 11.4 Å². The zero-order valence-electron chi connectivity index (χ0n) is 26.6. The highest BCUT2D eigenvalue weighted by Gasteiger charge is 2.76. The third-order valence-corrected chi connectivity index (χ3v) is 11.0. The predicted octanol–water partition coefficient (Wildman–Crippen LogP) is 4.09. The monoisotopic (exact) mass is 628 g/mol. The number of esters is 2. The maximum absolute atomic E-state index is 14.7. The van der Waals surface area contributed by atoms with Crippen molar-refractivity contribution in [1.82, 2.24) is 0 Å². The summed E-state index contributed by atoms with van der Waals surface area (Å²) in [5, 5.41) is 27.6. The van der Waals surface area contributed by atoms with E-state index in [1.165, 1.54) is 19.1 Å². The molecule has 2 aromatic carbocycles. The van der Waals surface area contributed by atoms with E-state index in [0.717, 1.165) is 0 Å². The fourth-order valence-electron chi connectivity index (χ4n) is 8.60. The average Bonchev–Trinajstić information content (AvgIpc) is 3.49. The number of benzene rings is 2. The smallest absolute Gasteiger partial charge is 0.340 e. The summed E-state index contributed by atoms with van der Waals surface area (Å²) in [6.45, 7) is 8.71. The number of carbonyl (C=O) groups excluding carboxylic acids is 4. The Hall–Kier alpha value is -4.28. The number of aliphatic hydroxyl groups excluding tert-OH is 1. The molecule has 46 heavy (non-hydrogen) atoms. The third-order valence-electron chi connectivity index (χ3n) is 11.0. The maximum Gasteiger partial charge on any atom is 0.340 e. The van der Waals surface area contributed by atoms with Crippen molar-refractivity contribution < 1.29 is 38.9 Å². The molecule has 4 aliphatic carbocycles. The van der Waals surface area contributed by atoms with E-state index in [2.05, 4.69) is 19.2 Å². The van der Waals surface area contributed by atoms with Crippen molar-refractivity contribution in [2.45, 2.75) is 58.8 Å². The van der Waals surface area contributed by atoms with Gasteiger partial charge in [0.05, 0.1) is 22.2 Å². The summed E-state index contributed by atoms with van der Waals surface area (Å²) in [7, 11) is 0. The van der Waals surface area contributed by atoms with Crippen LogP contribution in [0.2, 0.25) is 0 Å². The lowest BCUT2D eigenvalue weighted by Crippen LogP contribution is -2.65. The summed E-state index contributed by atoms with van der Waals surface area (Å²) in [5.74, 6) is -3.11. The minimum Gasteiger partial charge on any atom is -0.461 e. The number of anilines is 2. The van der Waals surface area contributed by atoms with Gasteiger partial charge in [0.2, 0.25) is 0 Å². The van der Waals surface area contributed by atoms with Gasteiger partial charge in [-0.3, -0.25) is 14.4 Å². The Morgan fingerprint density at radius 2 is 1.72 bits per heavy atom. The molecule has 1 spiro atoms. The number of hydrogen-bond donors (Lipinski definition) is 4. The SMILES string of the molecule is CC(=O)OCC1=C[C@H]2C(=O)[C@]3(C=C(C)[C@H](OC(=O)c4ccccc4NC(=O)c4ccccc4N)[C@@]3(O)[C@@H]1O)[C@H](C)C[C@@H]1[C@H]2C1(C)C. The maximum atomic E-state index is 14.7. The zero-order valence-corrected chi connectivity index (χ0v) is 26.6. The van der Waals surface area contributed by atoms with Crippen molar-refractivity contribution in [2.75, 3.05) is 17.7 Å². The lowest BCUT2D eigenvalue weighted by Gasteiger charge is -2.48. The molecule has 5 N–H and O–H groups in total. The molecule has 2 fully saturated rings. The summed E-state index contributed by atoms with van der Waals surface area (Å²) in [6.07, 6.45) is 0.839. The zero-order chi connectivity index (χ0) is 33.3. The first kappa shape index (κ1) is 31.7. The molecule has 10 heteroatoms. The summed E-state index contributed by atoms with van der Waals surface area (Å²) in [5.41, 5.74) is 3.21. The van der Waals surface area contributed by atoms with Gasteiger partial charge in [-0.15, -0.1) is 0 Å². The molecular weight excluding hydrogens is 588 g/mol. The van der Waals surface area contributed by atoms with Crippen LogP contribution in [-0.4, -0.2) is 58.3 Å². The van der Waals surface area contributed by atoms with E-state index in [1.807, 2.05) is 6.92 Å². The summed E-state index contributed by atoms with van der Waals surface area (Å²) in [6, 6.07) is 12.8. The molecule has 242 valence electrons. The second-order valence-electron chi connectivity index (χ2n) is 13.9. The number of para-hydroxylation sites is 2. The van der Waals surface area contributed by atoms with Crippen LogP contribution in [0.3, 0.4) is 0 Å². The van der Waals surface area contributed by atoms with Crippen molar-refractivity contribution >= 4 is 35.0 Å². The molecule has 2 saturated carbocycles. The largest absolute Gasteiger partial charge is 0.461 e. The van der Waals surface area contributed by atoms with E-state index in [0.29, 0.717) is 12.0 Å². The lowest BCUT2D eigenvalue weighted by molar-refractivity contribution is -0.191. The molecule has 1 amide bonds. The Morgan fingerprint density at radius 3 is 2.39 bits per heavy atom. The van der Waals surface area contributed by atoms with Crippen molar-refractivity contribution in [3.8, 4) is 0 Å². The van der Waals surface area contributed by atoms with Gasteiger partial charge in [-0.25, -0.2) is 4.79 Å². The Balaban J connectivity index is 1.38. The molecule has 10 nitrogen and oxygen atoms in total. The number of nitrogens with one attached hydrogen (secondary N) is 1. The number of Topliss-reactive ketones (excluding diaryl/α,β-unsaturated/α-hetero) is 1. The molecule has 0 aromatic heterocycles. The predicted molar refractivity (Wildman–Crippen MR) is 169 cm³/mol. The molecule has 2 bridgehead atoms. The van der Waals surface area contributed by atoms with Gasteiger partial charge in [-0.1, -0.05) is 57.2 Å². The van der Waals surface area contributed by atoms with E-state index in [9.17, 15) is 29.4 Å². The van der Waals surface area contributed by atoms with Crippen molar-refractivity contribution in [3.05, 3.63) is 83.0 Å². The van der Waals surface area contributed by atoms with Crippen molar-refractivity contribution in [2.24, 2.45) is 34.5 Å². The van der Waals surface area contributed by atoms with Crippen LogP contribution < -0.4 is 11.1 Å². The number of aliphatic hydroxyl groups is 2. The first-order chi connectivity index (χ1) is 21.7. The number of hydrogen-bond acceptors (Lipinski definition) is 9. The van der Waals surface area contributed by atoms with Crippen molar-refractivity contribution in [3.63, 3.8) is 0 Å². The second-order valence-corrected chi connectivity index (χ2v) is 13.9. The molecule has 2 aromatic rings. The molecular formula is C36H40N2O8. The molecule has 0 aliphatic heterocycles. The minimum atomic E-state index is -2.30. The first-order valence-corrected chi connectivity index (χ1v) is 15.6. The van der Waals surface area contributed by atoms with Gasteiger partial charge in [0.25, 0.3) is 5.91 Å². The van der Waals surface area contributed by atoms with E-state index in [1.54, 1.807) is 55.5 Å². The highest BCUT2D eigenvalue weighted by atomic mass is 16.6. The van der Waals surface area contributed by atoms with Crippen LogP contribution in [0.15, 0.2) is 71.8 Å². The fraction of sp³-hybridized carbons (Fsp3) is 0.444. The van der Waals surface area contributed by atoms with Gasteiger partial charge >= 0.3 is 11.9 Å². The first-order valence-electron chi connectivity index (χ1n) is 15.6. The molecule has 0 heterocycles. The molecule has 8 atom stereocenters. The topological polar surface area (TPSA) is 165 Å². The van der Waals surface area contributed by atoms with Crippen LogP contribution in [0.5, 0.6) is 0 Å². The van der Waals surface area contributed by atoms with Gasteiger partial charge in [-0.2, -0.15) is 0 Å². The number of allylic oxidation sites excluding steroid dienone is 1. The van der Waals surface area contributed by atoms with Crippen LogP contribution in [0, 0.1) is 34.5 Å². The van der Waals surface area contributed by atoms with Gasteiger partial charge in [-0.05, 0) is 71.9 Å². The molecule has 0 radical (unpaired) electrons. The highest BCUT2D eigenvalue weighted by molar-refractivity contribution is 6.10. The van der Waals surface area contributed by atoms with Crippen LogP contribution in [0.25, 0.3) is 0 Å². The van der Waals surface area contributed by atoms with Crippen LogP contribution >= 0.6 is 0 Å². The fourth-order valence-corrected chi connectivity index (χ4v) is 8.60. The molecule has 6 rings (SSSR count). The van der Waals surface area contributed by atoms with E-state index < -0.39 is 52.9 Å². The number of nitrogens with two attached hydrogens (primary N) is 1. The summed E-state index contributed by atoms with van der Waals surface area (Å²) < 4.78 is 11.3. The van der Waals surface area contributed by atoms with Gasteiger partial charge in [0.1, 0.15) is 12.7 Å². The van der Waals surface area contributed by atoms with E-state index in [4.69, 9.17) is 15.2 Å². The Bertz CT molecular complexity index is 1710. The lowest BCUT2D eigenvalue weighted by atomic mass is 9.59. The number of nitrogen functional groups attached to an aromatic ring is 1. The Morgan fingerprint density at radius 1 is 1.07 bits per heavy atom. The van der Waals surface area contributed by atoms with Gasteiger partial charge in [0, 0.05) is 18.5 Å². The van der Waals surface area contributed by atoms with Gasteiger partial charge in [0.15, 0.2) is 17.5 Å². The second kappa shape index (κ2) is 10.9. The summed E-state index contributed by atoms with van der Waals surface area (Å²) >= 11 is 0. The average molecular weight is 629 g/mol. The Kier molecular flexibility index (Phi) is 7.52. The number of ether oxygens (including phenoxy) is 2. The van der Waals surface area contributed by atoms with E-state index in [-0.39, 0.29) is 57.7 Å². The minimum absolute atomic E-state index is 0.00241. The number of ketones is 1. The quantitative estimate of drug-likeness (QED) is 0.210. The molecule has 0 unspecified atom stereocenters. The Labute approximate surface area is 267 Å². The standard InChI is InChI=1S/C36H40N2O8/c1-18-16-35-19(2)14-25-28(34(25,4)5)24(30(35)41)15-21(17-45-20(3)39)29(40)36(35,44)31(18)46-33(43)23-11-7-9-13-27(23)38-32(42)22-10-6-8-12-26(22)37/h6-13,15-16,19,24-25,28-29,31,40,44H,14,17,37H2,1-5H3,(H,38,42)/t19-,24-,25-,28+,29-,31+,35+,36+/m1/s1. The van der Waals surface area contributed by atoms with Crippen LogP contribution in [-0.2, 0) is 19.1 Å².